The van der Waals surface area contributed by atoms with E-state index in [4.69, 9.17) is 4.74 Å². The van der Waals surface area contributed by atoms with Gasteiger partial charge >= 0.3 is 5.97 Å². The number of carbonyl (C=O) groups is 1. The van der Waals surface area contributed by atoms with Crippen molar-refractivity contribution in [1.82, 2.24) is 0 Å². The van der Waals surface area contributed by atoms with Crippen LogP contribution in [0.5, 0.6) is 5.75 Å². The summed E-state index contributed by atoms with van der Waals surface area (Å²) in [5.74, 6) is 4.42. The number of halogens is 5. The molecule has 0 fully saturated rings. The van der Waals surface area contributed by atoms with E-state index in [2.05, 4.69) is 91.5 Å². The van der Waals surface area contributed by atoms with E-state index >= 15 is 0 Å². The molecule has 0 saturated heterocycles. The Labute approximate surface area is 184 Å². The first-order chi connectivity index (χ1) is 11.7. The SMILES string of the molecule is O=C(C#Cc1ccc([N+](=O)[O-])cc1)Oc1c(Br)c(Br)c(Br)c(Br)c1Br. The molecule has 0 atom stereocenters. The van der Waals surface area contributed by atoms with Gasteiger partial charge in [0.2, 0.25) is 0 Å². The van der Waals surface area contributed by atoms with E-state index in [1.54, 1.807) is 0 Å². The van der Waals surface area contributed by atoms with Crippen LogP contribution in [0, 0.1) is 22.0 Å². The van der Waals surface area contributed by atoms with Crippen molar-refractivity contribution in [2.45, 2.75) is 0 Å². The molecular weight excluding hydrogens is 658 g/mol. The van der Waals surface area contributed by atoms with Gasteiger partial charge in [0.25, 0.3) is 5.69 Å². The number of nitro groups is 1. The predicted octanol–water partition coefficient (Wildman–Crippen LogP) is 6.36. The molecule has 0 N–H and O–H groups in total. The summed E-state index contributed by atoms with van der Waals surface area (Å²) in [6.07, 6.45) is 0. The number of benzene rings is 2. The summed E-state index contributed by atoms with van der Waals surface area (Å²) >= 11 is 16.8. The Bertz CT molecular complexity index is 903. The van der Waals surface area contributed by atoms with Crippen molar-refractivity contribution in [3.05, 3.63) is 62.3 Å². The highest BCUT2D eigenvalue weighted by Gasteiger charge is 2.20. The second-order valence-corrected chi connectivity index (χ2v) is 8.31. The summed E-state index contributed by atoms with van der Waals surface area (Å²) in [5.41, 5.74) is 0.407. The predicted molar refractivity (Wildman–Crippen MR) is 111 cm³/mol. The third-order valence-corrected chi connectivity index (χ3v) is 8.77. The Morgan fingerprint density at radius 1 is 0.920 bits per heavy atom. The number of hydrogen-bond acceptors (Lipinski definition) is 4. The average molecular weight is 662 g/mol. The van der Waals surface area contributed by atoms with Crippen molar-refractivity contribution < 1.29 is 14.5 Å². The van der Waals surface area contributed by atoms with Crippen LogP contribution in [-0.4, -0.2) is 10.9 Å². The molecule has 2 aromatic carbocycles. The van der Waals surface area contributed by atoms with Gasteiger partial charge in [0.1, 0.15) is 0 Å². The lowest BCUT2D eigenvalue weighted by atomic mass is 10.2. The van der Waals surface area contributed by atoms with Gasteiger partial charge in [0.15, 0.2) is 5.75 Å². The highest BCUT2D eigenvalue weighted by Crippen LogP contribution is 2.48. The van der Waals surface area contributed by atoms with Gasteiger partial charge in [-0.05, 0) is 91.8 Å². The molecular formula is C15H4Br5NO4. The smallest absolute Gasteiger partial charge is 0.390 e. The van der Waals surface area contributed by atoms with E-state index in [0.717, 1.165) is 4.47 Å². The van der Waals surface area contributed by atoms with Crippen LogP contribution < -0.4 is 4.74 Å². The number of nitrogens with zero attached hydrogens (tertiary/aromatic N) is 1. The fraction of sp³-hybridized carbons (Fsp3) is 0. The number of rotatable bonds is 2. The second-order valence-electron chi connectivity index (χ2n) is 4.34. The van der Waals surface area contributed by atoms with E-state index in [-0.39, 0.29) is 11.4 Å². The third kappa shape index (κ3) is 4.92. The van der Waals surface area contributed by atoms with Crippen LogP contribution in [0.1, 0.15) is 5.56 Å². The van der Waals surface area contributed by atoms with E-state index in [1.807, 2.05) is 0 Å². The number of nitro benzene ring substituents is 1. The second kappa shape index (κ2) is 8.77. The van der Waals surface area contributed by atoms with E-state index in [0.29, 0.717) is 23.5 Å². The molecule has 2 rings (SSSR count). The topological polar surface area (TPSA) is 69.4 Å². The molecule has 0 unspecified atom stereocenters. The fourth-order valence-corrected chi connectivity index (χ4v) is 4.75. The van der Waals surface area contributed by atoms with Crippen LogP contribution in [0.15, 0.2) is 46.6 Å². The molecule has 0 bridgehead atoms. The van der Waals surface area contributed by atoms with Crippen molar-refractivity contribution in [3.63, 3.8) is 0 Å². The molecule has 0 radical (unpaired) electrons. The Morgan fingerprint density at radius 2 is 1.40 bits per heavy atom. The summed E-state index contributed by atoms with van der Waals surface area (Å²) in [7, 11) is 0. The molecule has 0 spiro atoms. The summed E-state index contributed by atoms with van der Waals surface area (Å²) < 4.78 is 8.40. The lowest BCUT2D eigenvalue weighted by Gasteiger charge is -2.12. The highest BCUT2D eigenvalue weighted by molar-refractivity contribution is 9.15. The Morgan fingerprint density at radius 3 is 1.88 bits per heavy atom. The molecule has 0 saturated carbocycles. The fourth-order valence-electron chi connectivity index (χ4n) is 1.58. The molecule has 10 heteroatoms. The molecule has 0 aliphatic rings. The average Bonchev–Trinajstić information content (AvgIpc) is 2.60. The van der Waals surface area contributed by atoms with Crippen LogP contribution in [0.4, 0.5) is 5.69 Å². The number of esters is 1. The van der Waals surface area contributed by atoms with Gasteiger partial charge in [0.05, 0.1) is 22.8 Å². The largest absolute Gasteiger partial charge is 0.414 e. The normalized spacial score (nSPS) is 9.96. The highest BCUT2D eigenvalue weighted by atomic mass is 79.9. The maximum atomic E-state index is 12.0. The molecule has 25 heavy (non-hydrogen) atoms. The van der Waals surface area contributed by atoms with E-state index < -0.39 is 10.9 Å². The molecule has 0 aromatic heterocycles. The summed E-state index contributed by atoms with van der Waals surface area (Å²) in [5, 5.41) is 10.6. The Kier molecular flexibility index (Phi) is 7.22. The zero-order valence-corrected chi connectivity index (χ0v) is 19.7. The van der Waals surface area contributed by atoms with Crippen molar-refractivity contribution >= 4 is 91.3 Å². The van der Waals surface area contributed by atoms with Gasteiger partial charge in [-0.1, -0.05) is 5.92 Å². The van der Waals surface area contributed by atoms with Gasteiger partial charge in [-0.2, -0.15) is 0 Å². The van der Waals surface area contributed by atoms with Crippen molar-refractivity contribution in [1.29, 1.82) is 0 Å². The van der Waals surface area contributed by atoms with Crippen LogP contribution in [0.3, 0.4) is 0 Å². The van der Waals surface area contributed by atoms with E-state index in [1.165, 1.54) is 24.3 Å². The third-order valence-electron chi connectivity index (χ3n) is 2.75. The molecule has 0 amide bonds. The standard InChI is InChI=1S/C15H4Br5NO4/c16-10-11(17)13(19)15(14(20)12(10)18)25-9(22)6-3-7-1-4-8(5-2-7)21(23)24/h1-2,4-5H. The van der Waals surface area contributed by atoms with Gasteiger partial charge in [-0.3, -0.25) is 10.1 Å². The minimum absolute atomic E-state index is 0.0504. The number of non-ortho nitro benzene ring substituents is 1. The maximum Gasteiger partial charge on any atom is 0.390 e. The zero-order valence-electron chi connectivity index (χ0n) is 11.8. The van der Waals surface area contributed by atoms with Crippen LogP contribution in [0.25, 0.3) is 0 Å². The monoisotopic (exact) mass is 657 g/mol. The van der Waals surface area contributed by atoms with Gasteiger partial charge in [-0.15, -0.1) is 0 Å². The number of carbonyl (C=O) groups excluding carboxylic acids is 1. The lowest BCUT2D eigenvalue weighted by Crippen LogP contribution is -2.06. The molecule has 2 aromatic rings. The van der Waals surface area contributed by atoms with Crippen molar-refractivity contribution in [2.24, 2.45) is 0 Å². The van der Waals surface area contributed by atoms with Crippen molar-refractivity contribution in [2.75, 3.05) is 0 Å². The van der Waals surface area contributed by atoms with Gasteiger partial charge < -0.3 is 4.74 Å². The number of hydrogen-bond donors (Lipinski definition) is 0. The van der Waals surface area contributed by atoms with Crippen LogP contribution >= 0.6 is 79.6 Å². The van der Waals surface area contributed by atoms with Gasteiger partial charge in [0, 0.05) is 28.1 Å². The molecule has 0 heterocycles. The van der Waals surface area contributed by atoms with Crippen LogP contribution in [-0.2, 0) is 4.79 Å². The Balaban J connectivity index is 2.24. The molecule has 0 aliphatic carbocycles. The first-order valence-electron chi connectivity index (χ1n) is 6.22. The number of ether oxygens (including phenoxy) is 1. The first-order valence-corrected chi connectivity index (χ1v) is 10.2. The molecule has 128 valence electrons. The van der Waals surface area contributed by atoms with E-state index in [9.17, 15) is 14.9 Å². The summed E-state index contributed by atoms with van der Waals surface area (Å²) in [6.45, 7) is 0. The molecule has 5 nitrogen and oxygen atoms in total. The first kappa shape index (κ1) is 20.6. The lowest BCUT2D eigenvalue weighted by molar-refractivity contribution is -0.384. The zero-order chi connectivity index (χ0) is 18.7. The summed E-state index contributed by atoms with van der Waals surface area (Å²) in [6, 6.07) is 5.53. The summed E-state index contributed by atoms with van der Waals surface area (Å²) in [4.78, 5) is 22.1. The van der Waals surface area contributed by atoms with Crippen molar-refractivity contribution in [3.8, 4) is 17.6 Å². The Hall–Kier alpha value is -0.730. The maximum absolute atomic E-state index is 12.0. The minimum atomic E-state index is -0.777. The molecule has 0 aliphatic heterocycles. The van der Waals surface area contributed by atoms with Crippen LogP contribution in [0.2, 0.25) is 0 Å². The minimum Gasteiger partial charge on any atom is -0.414 e. The van der Waals surface area contributed by atoms with Gasteiger partial charge in [-0.25, -0.2) is 4.79 Å². The quantitative estimate of drug-likeness (QED) is 0.0715.